The molecule has 0 bridgehead atoms. The Morgan fingerprint density at radius 1 is 0.643 bits per heavy atom. The smallest absolute Gasteiger partial charge is 0.329 e. The number of amides is 2. The van der Waals surface area contributed by atoms with Gasteiger partial charge in [0.2, 0.25) is 0 Å². The molecule has 2 atom stereocenters. The van der Waals surface area contributed by atoms with Gasteiger partial charge in [-0.2, -0.15) is 0 Å². The fourth-order valence-corrected chi connectivity index (χ4v) is 4.57. The van der Waals surface area contributed by atoms with Crippen LogP contribution >= 0.6 is 0 Å². The standard InChI is InChI=1S/C32H38N4O6/c1-19(2)17-41-31(39)27(13-21-15-33-25-11-7-5-9-23(21)25)35-29(37)30(38)36-28(32(40)42-18-20(3)4)14-22-16-34-26-12-8-6-10-24(22)26/h5-12,15-16,19-20,27-28,33-34H,13-14,17-18H2,1-4H3,(H,35,37)(H,36,38)/t27-,28-/m0/s1. The van der Waals surface area contributed by atoms with Crippen molar-refractivity contribution in [2.24, 2.45) is 11.8 Å². The number of carbonyl (C=O) groups is 4. The quantitative estimate of drug-likeness (QED) is 0.150. The second kappa shape index (κ2) is 13.8. The van der Waals surface area contributed by atoms with Crippen LogP contribution in [0.15, 0.2) is 60.9 Å². The topological polar surface area (TPSA) is 142 Å². The highest BCUT2D eigenvalue weighted by molar-refractivity contribution is 6.35. The van der Waals surface area contributed by atoms with Crippen molar-refractivity contribution >= 4 is 45.6 Å². The Labute approximate surface area is 244 Å². The van der Waals surface area contributed by atoms with Crippen LogP contribution in [0.3, 0.4) is 0 Å². The van der Waals surface area contributed by atoms with Crippen LogP contribution in [0.1, 0.15) is 38.8 Å². The van der Waals surface area contributed by atoms with E-state index in [0.29, 0.717) is 0 Å². The number of benzene rings is 2. The molecule has 0 aliphatic carbocycles. The number of aromatic nitrogens is 2. The first-order valence-electron chi connectivity index (χ1n) is 14.2. The number of ether oxygens (including phenoxy) is 2. The molecule has 0 fully saturated rings. The summed E-state index contributed by atoms with van der Waals surface area (Å²) in [6.45, 7) is 7.94. The SMILES string of the molecule is CC(C)COC(=O)[C@H](Cc1c[nH]c2ccccc12)NC(=O)C(=O)N[C@@H](Cc1c[nH]c2ccccc12)C(=O)OCC(C)C. The van der Waals surface area contributed by atoms with Gasteiger partial charge >= 0.3 is 23.8 Å². The average molecular weight is 575 g/mol. The number of rotatable bonds is 12. The number of H-pyrrole nitrogens is 2. The van der Waals surface area contributed by atoms with Crippen molar-refractivity contribution < 1.29 is 28.7 Å². The summed E-state index contributed by atoms with van der Waals surface area (Å²) < 4.78 is 10.8. The number of hydrogen-bond acceptors (Lipinski definition) is 6. The van der Waals surface area contributed by atoms with Crippen molar-refractivity contribution in [1.82, 2.24) is 20.6 Å². The van der Waals surface area contributed by atoms with E-state index < -0.39 is 35.8 Å². The molecule has 0 unspecified atom stereocenters. The molecule has 10 nitrogen and oxygen atoms in total. The number of hydrogen-bond donors (Lipinski definition) is 4. The van der Waals surface area contributed by atoms with Crippen LogP contribution in [0.2, 0.25) is 0 Å². The first kappa shape index (κ1) is 30.4. The van der Waals surface area contributed by atoms with E-state index in [4.69, 9.17) is 9.47 Å². The van der Waals surface area contributed by atoms with E-state index in [1.54, 1.807) is 12.4 Å². The van der Waals surface area contributed by atoms with Gasteiger partial charge in [0.25, 0.3) is 0 Å². The number of carbonyl (C=O) groups excluding carboxylic acids is 4. The minimum Gasteiger partial charge on any atom is -0.464 e. The van der Waals surface area contributed by atoms with Gasteiger partial charge in [-0.25, -0.2) is 9.59 Å². The summed E-state index contributed by atoms with van der Waals surface area (Å²) in [5, 5.41) is 6.84. The normalized spacial score (nSPS) is 12.8. The molecule has 0 saturated heterocycles. The second-order valence-corrected chi connectivity index (χ2v) is 11.2. The van der Waals surface area contributed by atoms with Crippen molar-refractivity contribution in [3.05, 3.63) is 72.1 Å². The summed E-state index contributed by atoms with van der Waals surface area (Å²) in [6.07, 6.45) is 3.74. The molecule has 0 aliphatic rings. The van der Waals surface area contributed by atoms with E-state index in [9.17, 15) is 19.2 Å². The third kappa shape index (κ3) is 7.78. The lowest BCUT2D eigenvalue weighted by molar-refractivity contribution is -0.152. The third-order valence-corrected chi connectivity index (χ3v) is 6.70. The van der Waals surface area contributed by atoms with Gasteiger partial charge in [-0.3, -0.25) is 9.59 Å². The average Bonchev–Trinajstić information content (AvgIpc) is 3.57. The zero-order valence-corrected chi connectivity index (χ0v) is 24.4. The summed E-state index contributed by atoms with van der Waals surface area (Å²) in [5.41, 5.74) is 3.33. The van der Waals surface area contributed by atoms with Crippen LogP contribution < -0.4 is 10.6 Å². The van der Waals surface area contributed by atoms with Gasteiger partial charge in [-0.15, -0.1) is 0 Å². The van der Waals surface area contributed by atoms with E-state index in [-0.39, 0.29) is 37.9 Å². The maximum Gasteiger partial charge on any atom is 0.329 e. The molecule has 10 heteroatoms. The Morgan fingerprint density at radius 3 is 1.40 bits per heavy atom. The molecular weight excluding hydrogens is 536 g/mol. The second-order valence-electron chi connectivity index (χ2n) is 11.2. The molecule has 2 heterocycles. The number of esters is 2. The van der Waals surface area contributed by atoms with Crippen LogP contribution in [0.4, 0.5) is 0 Å². The number of fused-ring (bicyclic) bond motifs is 2. The van der Waals surface area contributed by atoms with Crippen LogP contribution in [0.5, 0.6) is 0 Å². The van der Waals surface area contributed by atoms with Crippen LogP contribution in [0, 0.1) is 11.8 Å². The Kier molecular flexibility index (Phi) is 10.0. The minimum absolute atomic E-state index is 0.0869. The summed E-state index contributed by atoms with van der Waals surface area (Å²) >= 11 is 0. The molecule has 0 saturated carbocycles. The fourth-order valence-electron chi connectivity index (χ4n) is 4.57. The Balaban J connectivity index is 1.51. The third-order valence-electron chi connectivity index (χ3n) is 6.70. The molecular formula is C32H38N4O6. The molecule has 222 valence electrons. The van der Waals surface area contributed by atoms with Gasteiger partial charge in [0.1, 0.15) is 12.1 Å². The molecule has 0 radical (unpaired) electrons. The molecule has 4 N–H and O–H groups in total. The minimum atomic E-state index is -1.12. The number of nitrogens with one attached hydrogen (secondary N) is 4. The predicted octanol–water partition coefficient (Wildman–Crippen LogP) is 3.80. The van der Waals surface area contributed by atoms with Crippen molar-refractivity contribution in [2.75, 3.05) is 13.2 Å². The largest absolute Gasteiger partial charge is 0.464 e. The van der Waals surface area contributed by atoms with Gasteiger partial charge in [-0.05, 0) is 35.1 Å². The lowest BCUT2D eigenvalue weighted by atomic mass is 10.0. The number of para-hydroxylation sites is 2. The molecule has 0 aliphatic heterocycles. The molecule has 2 amide bonds. The zero-order chi connectivity index (χ0) is 30.2. The first-order valence-corrected chi connectivity index (χ1v) is 14.2. The number of aromatic amines is 2. The fraction of sp³-hybridized carbons (Fsp3) is 0.375. The van der Waals surface area contributed by atoms with Crippen molar-refractivity contribution in [1.29, 1.82) is 0 Å². The highest BCUT2D eigenvalue weighted by atomic mass is 16.5. The van der Waals surface area contributed by atoms with E-state index in [1.807, 2.05) is 76.2 Å². The van der Waals surface area contributed by atoms with Crippen molar-refractivity contribution in [3.8, 4) is 0 Å². The highest BCUT2D eigenvalue weighted by Gasteiger charge is 2.31. The van der Waals surface area contributed by atoms with Crippen molar-refractivity contribution in [3.63, 3.8) is 0 Å². The summed E-state index contributed by atoms with van der Waals surface area (Å²) in [6, 6.07) is 12.9. The molecule has 2 aromatic heterocycles. The van der Waals surface area contributed by atoms with Gasteiger partial charge in [0, 0.05) is 47.0 Å². The molecule has 4 aromatic rings. The molecule has 2 aromatic carbocycles. The first-order chi connectivity index (χ1) is 20.1. The van der Waals surface area contributed by atoms with Crippen molar-refractivity contribution in [2.45, 2.75) is 52.6 Å². The zero-order valence-electron chi connectivity index (χ0n) is 24.4. The lowest BCUT2D eigenvalue weighted by Gasteiger charge is -2.20. The van der Waals surface area contributed by atoms with Crippen LogP contribution in [-0.4, -0.2) is 59.0 Å². The summed E-state index contributed by atoms with van der Waals surface area (Å²) in [5.74, 6) is -3.24. The van der Waals surface area contributed by atoms with Gasteiger partial charge < -0.3 is 30.1 Å². The maximum absolute atomic E-state index is 13.1. The van der Waals surface area contributed by atoms with Gasteiger partial charge in [0.15, 0.2) is 0 Å². The van der Waals surface area contributed by atoms with E-state index in [1.165, 1.54) is 0 Å². The van der Waals surface area contributed by atoms with Gasteiger partial charge in [0.05, 0.1) is 13.2 Å². The predicted molar refractivity (Wildman–Crippen MR) is 159 cm³/mol. The lowest BCUT2D eigenvalue weighted by Crippen LogP contribution is -2.53. The summed E-state index contributed by atoms with van der Waals surface area (Å²) in [7, 11) is 0. The summed E-state index contributed by atoms with van der Waals surface area (Å²) in [4.78, 5) is 58.6. The van der Waals surface area contributed by atoms with Gasteiger partial charge in [-0.1, -0.05) is 64.1 Å². The molecule has 42 heavy (non-hydrogen) atoms. The molecule has 4 rings (SSSR count). The Hall–Kier alpha value is -4.60. The van der Waals surface area contributed by atoms with Crippen LogP contribution in [0.25, 0.3) is 21.8 Å². The maximum atomic E-state index is 13.1. The van der Waals surface area contributed by atoms with E-state index in [0.717, 1.165) is 32.9 Å². The van der Waals surface area contributed by atoms with E-state index in [2.05, 4.69) is 20.6 Å². The van der Waals surface area contributed by atoms with Crippen LogP contribution in [-0.2, 0) is 41.5 Å². The monoisotopic (exact) mass is 574 g/mol. The molecule has 0 spiro atoms. The Morgan fingerprint density at radius 2 is 1.02 bits per heavy atom. The Bertz CT molecular complexity index is 1440. The van der Waals surface area contributed by atoms with E-state index >= 15 is 0 Å². The highest BCUT2D eigenvalue weighted by Crippen LogP contribution is 2.21.